The summed E-state index contributed by atoms with van der Waals surface area (Å²) in [6, 6.07) is 5.04. The molecular formula is C14H20FNO. The second-order valence-corrected chi connectivity index (χ2v) is 4.42. The van der Waals surface area contributed by atoms with E-state index < -0.39 is 6.10 Å². The minimum absolute atomic E-state index is 0.194. The van der Waals surface area contributed by atoms with E-state index in [1.54, 1.807) is 25.1 Å². The molecule has 0 aromatic heterocycles. The highest BCUT2D eigenvalue weighted by Crippen LogP contribution is 2.24. The van der Waals surface area contributed by atoms with Crippen molar-refractivity contribution in [3.8, 4) is 0 Å². The molecule has 0 aliphatic rings. The van der Waals surface area contributed by atoms with Crippen LogP contribution >= 0.6 is 0 Å². The summed E-state index contributed by atoms with van der Waals surface area (Å²) in [5.41, 5.74) is 1.14. The van der Waals surface area contributed by atoms with Crippen molar-refractivity contribution >= 4 is 5.69 Å². The van der Waals surface area contributed by atoms with Gasteiger partial charge in [0.25, 0.3) is 0 Å². The standard InChI is InChI=1S/C14H20FNO/c1-5-8-16(10(2)3)14-7-6-12(11(4)17)9-13(14)15/h5-7,9-11,17H,1,8H2,2-4H3/t11-/m1/s1. The minimum Gasteiger partial charge on any atom is -0.389 e. The molecule has 0 radical (unpaired) electrons. The highest BCUT2D eigenvalue weighted by atomic mass is 19.1. The van der Waals surface area contributed by atoms with Gasteiger partial charge in [-0.05, 0) is 38.5 Å². The van der Waals surface area contributed by atoms with Crippen LogP contribution in [0.5, 0.6) is 0 Å². The Hall–Kier alpha value is -1.35. The fraction of sp³-hybridized carbons (Fsp3) is 0.429. The molecule has 1 N–H and O–H groups in total. The molecule has 0 saturated carbocycles. The highest BCUT2D eigenvalue weighted by Gasteiger charge is 2.14. The number of anilines is 1. The lowest BCUT2D eigenvalue weighted by atomic mass is 10.1. The van der Waals surface area contributed by atoms with Crippen LogP contribution < -0.4 is 4.90 Å². The van der Waals surface area contributed by atoms with Crippen molar-refractivity contribution in [1.82, 2.24) is 0 Å². The molecule has 1 aromatic carbocycles. The first kappa shape index (κ1) is 13.7. The van der Waals surface area contributed by atoms with E-state index in [0.717, 1.165) is 0 Å². The number of halogens is 1. The van der Waals surface area contributed by atoms with Gasteiger partial charge in [0.1, 0.15) is 5.82 Å². The predicted octanol–water partition coefficient (Wildman–Crippen LogP) is 3.28. The zero-order chi connectivity index (χ0) is 13.0. The lowest BCUT2D eigenvalue weighted by molar-refractivity contribution is 0.199. The maximum Gasteiger partial charge on any atom is 0.146 e. The van der Waals surface area contributed by atoms with Crippen molar-refractivity contribution in [2.24, 2.45) is 0 Å². The van der Waals surface area contributed by atoms with Gasteiger partial charge < -0.3 is 10.0 Å². The van der Waals surface area contributed by atoms with Gasteiger partial charge in [0.05, 0.1) is 11.8 Å². The molecule has 0 unspecified atom stereocenters. The molecule has 0 bridgehead atoms. The Balaban J connectivity index is 3.08. The zero-order valence-electron chi connectivity index (χ0n) is 10.7. The molecule has 0 heterocycles. The Labute approximate surface area is 102 Å². The first-order valence-corrected chi connectivity index (χ1v) is 5.82. The summed E-state index contributed by atoms with van der Waals surface area (Å²) in [6.07, 6.45) is 1.10. The smallest absolute Gasteiger partial charge is 0.146 e. The van der Waals surface area contributed by atoms with Gasteiger partial charge in [-0.15, -0.1) is 6.58 Å². The number of benzene rings is 1. The number of aliphatic hydroxyl groups excluding tert-OH is 1. The number of aliphatic hydroxyl groups is 1. The van der Waals surface area contributed by atoms with Crippen LogP contribution in [0.4, 0.5) is 10.1 Å². The van der Waals surface area contributed by atoms with Gasteiger partial charge >= 0.3 is 0 Å². The average molecular weight is 237 g/mol. The molecule has 1 atom stereocenters. The minimum atomic E-state index is -0.648. The van der Waals surface area contributed by atoms with Crippen LogP contribution in [0.25, 0.3) is 0 Å². The van der Waals surface area contributed by atoms with Crippen molar-refractivity contribution < 1.29 is 9.50 Å². The molecule has 1 aromatic rings. The maximum absolute atomic E-state index is 14.0. The van der Waals surface area contributed by atoms with Crippen molar-refractivity contribution in [2.75, 3.05) is 11.4 Å². The molecule has 0 aliphatic carbocycles. The summed E-state index contributed by atoms with van der Waals surface area (Å²) in [6.45, 7) is 9.91. The molecule has 94 valence electrons. The monoisotopic (exact) mass is 237 g/mol. The van der Waals surface area contributed by atoms with Crippen molar-refractivity contribution in [3.63, 3.8) is 0 Å². The molecule has 2 nitrogen and oxygen atoms in total. The van der Waals surface area contributed by atoms with Crippen molar-refractivity contribution in [1.29, 1.82) is 0 Å². The van der Waals surface area contributed by atoms with Crippen LogP contribution in [0, 0.1) is 5.82 Å². The molecule has 0 aliphatic heterocycles. The van der Waals surface area contributed by atoms with Gasteiger partial charge in [-0.3, -0.25) is 0 Å². The van der Waals surface area contributed by atoms with Crippen LogP contribution in [0.2, 0.25) is 0 Å². The molecule has 0 amide bonds. The molecule has 3 heteroatoms. The molecule has 0 spiro atoms. The number of nitrogens with zero attached hydrogens (tertiary/aromatic N) is 1. The summed E-state index contributed by atoms with van der Waals surface area (Å²) >= 11 is 0. The summed E-state index contributed by atoms with van der Waals surface area (Å²) in [4.78, 5) is 1.92. The normalized spacial score (nSPS) is 12.6. The molecule has 0 saturated heterocycles. The van der Waals surface area contributed by atoms with Gasteiger partial charge in [0, 0.05) is 12.6 Å². The third-order valence-corrected chi connectivity index (χ3v) is 2.71. The number of hydrogen-bond acceptors (Lipinski definition) is 2. The fourth-order valence-electron chi connectivity index (χ4n) is 1.74. The first-order valence-electron chi connectivity index (χ1n) is 5.82. The predicted molar refractivity (Wildman–Crippen MR) is 69.7 cm³/mol. The second kappa shape index (κ2) is 5.82. The molecular weight excluding hydrogens is 217 g/mol. The Morgan fingerprint density at radius 2 is 2.06 bits per heavy atom. The zero-order valence-corrected chi connectivity index (χ0v) is 10.7. The lowest BCUT2D eigenvalue weighted by Gasteiger charge is -2.28. The topological polar surface area (TPSA) is 23.5 Å². The molecule has 17 heavy (non-hydrogen) atoms. The van der Waals surface area contributed by atoms with E-state index in [4.69, 9.17) is 0 Å². The van der Waals surface area contributed by atoms with E-state index in [9.17, 15) is 9.50 Å². The Bertz CT molecular complexity index is 388. The Morgan fingerprint density at radius 1 is 1.41 bits per heavy atom. The van der Waals surface area contributed by atoms with E-state index in [0.29, 0.717) is 17.8 Å². The van der Waals surface area contributed by atoms with Crippen molar-refractivity contribution in [3.05, 3.63) is 42.2 Å². The van der Waals surface area contributed by atoms with E-state index in [1.807, 2.05) is 18.7 Å². The van der Waals surface area contributed by atoms with Crippen LogP contribution in [-0.4, -0.2) is 17.7 Å². The molecule has 0 fully saturated rings. The van der Waals surface area contributed by atoms with Gasteiger partial charge in [-0.25, -0.2) is 4.39 Å². The van der Waals surface area contributed by atoms with Crippen LogP contribution in [0.1, 0.15) is 32.4 Å². The number of hydrogen-bond donors (Lipinski definition) is 1. The van der Waals surface area contributed by atoms with E-state index in [-0.39, 0.29) is 11.9 Å². The summed E-state index contributed by atoms with van der Waals surface area (Å²) in [5, 5.41) is 9.39. The van der Waals surface area contributed by atoms with E-state index in [2.05, 4.69) is 6.58 Å². The first-order chi connectivity index (χ1) is 7.97. The fourth-order valence-corrected chi connectivity index (χ4v) is 1.74. The lowest BCUT2D eigenvalue weighted by Crippen LogP contribution is -2.31. The van der Waals surface area contributed by atoms with Crippen LogP contribution in [0.15, 0.2) is 30.9 Å². The third kappa shape index (κ3) is 3.30. The third-order valence-electron chi connectivity index (χ3n) is 2.71. The van der Waals surface area contributed by atoms with Gasteiger partial charge in [0.15, 0.2) is 0 Å². The quantitative estimate of drug-likeness (QED) is 0.794. The summed E-state index contributed by atoms with van der Waals surface area (Å²) in [7, 11) is 0. The number of rotatable bonds is 5. The summed E-state index contributed by atoms with van der Waals surface area (Å²) in [5.74, 6) is -0.307. The van der Waals surface area contributed by atoms with E-state index in [1.165, 1.54) is 6.07 Å². The van der Waals surface area contributed by atoms with Gasteiger partial charge in [-0.2, -0.15) is 0 Å². The van der Waals surface area contributed by atoms with Gasteiger partial charge in [-0.1, -0.05) is 12.1 Å². The van der Waals surface area contributed by atoms with Crippen molar-refractivity contribution in [2.45, 2.75) is 32.9 Å². The van der Waals surface area contributed by atoms with Crippen LogP contribution in [-0.2, 0) is 0 Å². The highest BCUT2D eigenvalue weighted by molar-refractivity contribution is 5.50. The Morgan fingerprint density at radius 3 is 2.47 bits per heavy atom. The second-order valence-electron chi connectivity index (χ2n) is 4.42. The maximum atomic E-state index is 14.0. The molecule has 1 rings (SSSR count). The van der Waals surface area contributed by atoms with Gasteiger partial charge in [0.2, 0.25) is 0 Å². The van der Waals surface area contributed by atoms with Crippen LogP contribution in [0.3, 0.4) is 0 Å². The SMILES string of the molecule is C=CCN(c1ccc([C@@H](C)O)cc1F)C(C)C. The van der Waals surface area contributed by atoms with E-state index >= 15 is 0 Å². The average Bonchev–Trinajstić information content (AvgIpc) is 2.26. The Kier molecular flexibility index (Phi) is 4.70. The largest absolute Gasteiger partial charge is 0.389 e. The summed E-state index contributed by atoms with van der Waals surface area (Å²) < 4.78 is 14.0.